The van der Waals surface area contributed by atoms with E-state index in [2.05, 4.69) is 0 Å². The zero-order chi connectivity index (χ0) is 17.0. The molecule has 2 aromatic carbocycles. The highest BCUT2D eigenvalue weighted by Crippen LogP contribution is 2.25. The third-order valence-electron chi connectivity index (χ3n) is 3.45. The first kappa shape index (κ1) is 17.1. The fourth-order valence-corrected chi connectivity index (χ4v) is 2.36. The van der Waals surface area contributed by atoms with Crippen LogP contribution in [0.1, 0.15) is 22.8 Å². The zero-order valence-electron chi connectivity index (χ0n) is 12.8. The fraction of sp³-hybridized carbons (Fsp3) is 0.235. The molecule has 1 N–H and O–H groups in total. The van der Waals surface area contributed by atoms with Crippen molar-refractivity contribution in [1.29, 1.82) is 0 Å². The van der Waals surface area contributed by atoms with E-state index in [4.69, 9.17) is 16.3 Å². The van der Waals surface area contributed by atoms with Gasteiger partial charge in [-0.1, -0.05) is 17.7 Å². The summed E-state index contributed by atoms with van der Waals surface area (Å²) in [6, 6.07) is 8.87. The van der Waals surface area contributed by atoms with Crippen LogP contribution < -0.4 is 4.74 Å². The Morgan fingerprint density at radius 3 is 2.61 bits per heavy atom. The van der Waals surface area contributed by atoms with E-state index in [9.17, 15) is 14.3 Å². The van der Waals surface area contributed by atoms with Crippen LogP contribution in [-0.2, 0) is 6.54 Å². The maximum atomic E-state index is 13.8. The molecule has 0 saturated carbocycles. The molecule has 0 fully saturated rings. The molecule has 0 aliphatic heterocycles. The van der Waals surface area contributed by atoms with Crippen LogP contribution in [0.25, 0.3) is 0 Å². The summed E-state index contributed by atoms with van der Waals surface area (Å²) in [6.45, 7) is 2.54. The molecule has 0 radical (unpaired) electrons. The minimum absolute atomic E-state index is 0.0801. The first-order valence-corrected chi connectivity index (χ1v) is 7.44. The minimum atomic E-state index is -0.471. The molecule has 6 heteroatoms. The molecule has 0 atom stereocenters. The quantitative estimate of drug-likeness (QED) is 0.901. The summed E-state index contributed by atoms with van der Waals surface area (Å²) in [6.07, 6.45) is 0. The summed E-state index contributed by atoms with van der Waals surface area (Å²) in [7, 11) is 1.40. The summed E-state index contributed by atoms with van der Waals surface area (Å²) in [5, 5.41) is 9.54. The van der Waals surface area contributed by atoms with Crippen molar-refractivity contribution in [3.63, 3.8) is 0 Å². The second-order valence-electron chi connectivity index (χ2n) is 4.95. The van der Waals surface area contributed by atoms with E-state index in [1.165, 1.54) is 37.4 Å². The average Bonchev–Trinajstić information content (AvgIpc) is 2.54. The largest absolute Gasteiger partial charge is 0.506 e. The van der Waals surface area contributed by atoms with Crippen LogP contribution in [0.5, 0.6) is 11.5 Å². The Morgan fingerprint density at radius 1 is 1.30 bits per heavy atom. The van der Waals surface area contributed by atoms with Crippen LogP contribution in [0.15, 0.2) is 36.4 Å². The molecule has 0 saturated heterocycles. The van der Waals surface area contributed by atoms with Crippen molar-refractivity contribution < 1.29 is 19.0 Å². The van der Waals surface area contributed by atoms with Crippen molar-refractivity contribution in [2.75, 3.05) is 13.7 Å². The number of hydrogen-bond acceptors (Lipinski definition) is 3. The lowest BCUT2D eigenvalue weighted by Crippen LogP contribution is -2.30. The number of phenolic OH excluding ortho intramolecular Hbond substituents is 1. The van der Waals surface area contributed by atoms with Crippen molar-refractivity contribution in [2.24, 2.45) is 0 Å². The molecule has 0 spiro atoms. The van der Waals surface area contributed by atoms with Crippen molar-refractivity contribution in [1.82, 2.24) is 4.90 Å². The number of ether oxygens (including phenoxy) is 1. The first-order chi connectivity index (χ1) is 11.0. The van der Waals surface area contributed by atoms with Crippen molar-refractivity contribution in [3.05, 3.63) is 58.4 Å². The Bertz CT molecular complexity index is 721. The number of nitrogens with zero attached hydrogens (tertiary/aromatic N) is 1. The van der Waals surface area contributed by atoms with Gasteiger partial charge in [0.05, 0.1) is 12.1 Å². The van der Waals surface area contributed by atoms with Gasteiger partial charge in [-0.3, -0.25) is 4.79 Å². The van der Waals surface area contributed by atoms with E-state index >= 15 is 0 Å². The molecule has 4 nitrogen and oxygen atoms in total. The Hall–Kier alpha value is -2.27. The zero-order valence-corrected chi connectivity index (χ0v) is 13.6. The number of amides is 1. The van der Waals surface area contributed by atoms with Gasteiger partial charge in [-0.25, -0.2) is 4.39 Å². The Labute approximate surface area is 139 Å². The third kappa shape index (κ3) is 3.93. The van der Waals surface area contributed by atoms with Crippen LogP contribution in [0.4, 0.5) is 4.39 Å². The summed E-state index contributed by atoms with van der Waals surface area (Å²) < 4.78 is 18.6. The van der Waals surface area contributed by atoms with Gasteiger partial charge >= 0.3 is 0 Å². The average molecular weight is 338 g/mol. The predicted octanol–water partition coefficient (Wildman–Crippen LogP) is 3.86. The molecule has 0 aliphatic carbocycles. The molecule has 0 unspecified atom stereocenters. The van der Waals surface area contributed by atoms with Crippen LogP contribution in [0, 0.1) is 5.82 Å². The van der Waals surface area contributed by atoms with Gasteiger partial charge in [0, 0.05) is 18.7 Å². The van der Waals surface area contributed by atoms with Crippen LogP contribution in [0.3, 0.4) is 0 Å². The number of rotatable bonds is 5. The number of carbonyl (C=O) groups excluding carboxylic acids is 1. The molecule has 2 aromatic rings. The number of phenols is 1. The highest BCUT2D eigenvalue weighted by Gasteiger charge is 2.16. The number of benzene rings is 2. The standard InChI is InChI=1S/C17H17ClFNO3/c1-3-20(10-11-4-7-16(23-2)14(19)8-11)17(22)12-5-6-15(21)13(18)9-12/h4-9,21H,3,10H2,1-2H3. The van der Waals surface area contributed by atoms with Gasteiger partial charge in [-0.2, -0.15) is 0 Å². The van der Waals surface area contributed by atoms with Gasteiger partial charge in [0.15, 0.2) is 11.6 Å². The summed E-state index contributed by atoms with van der Waals surface area (Å²) >= 11 is 5.84. The lowest BCUT2D eigenvalue weighted by molar-refractivity contribution is 0.0752. The summed E-state index contributed by atoms with van der Waals surface area (Å²) in [5.74, 6) is -0.635. The van der Waals surface area contributed by atoms with Gasteiger partial charge in [-0.15, -0.1) is 0 Å². The van der Waals surface area contributed by atoms with E-state index in [1.54, 1.807) is 11.0 Å². The molecule has 0 aliphatic rings. The second kappa shape index (κ2) is 7.33. The number of methoxy groups -OCH3 is 1. The molecule has 0 bridgehead atoms. The van der Waals surface area contributed by atoms with E-state index in [1.807, 2.05) is 6.92 Å². The Balaban J connectivity index is 2.20. The highest BCUT2D eigenvalue weighted by atomic mass is 35.5. The van der Waals surface area contributed by atoms with Gasteiger partial charge in [-0.05, 0) is 42.8 Å². The van der Waals surface area contributed by atoms with E-state index in [0.717, 1.165) is 0 Å². The first-order valence-electron chi connectivity index (χ1n) is 7.06. The van der Waals surface area contributed by atoms with Gasteiger partial charge in [0.2, 0.25) is 0 Å². The summed E-state index contributed by atoms with van der Waals surface area (Å²) in [5.41, 5.74) is 1.02. The van der Waals surface area contributed by atoms with Crippen molar-refractivity contribution in [3.8, 4) is 11.5 Å². The Kier molecular flexibility index (Phi) is 5.45. The minimum Gasteiger partial charge on any atom is -0.506 e. The summed E-state index contributed by atoms with van der Waals surface area (Å²) in [4.78, 5) is 14.1. The fourth-order valence-electron chi connectivity index (χ4n) is 2.18. The van der Waals surface area contributed by atoms with Gasteiger partial charge in [0.25, 0.3) is 5.91 Å². The van der Waals surface area contributed by atoms with E-state index in [0.29, 0.717) is 17.7 Å². The molecule has 0 aromatic heterocycles. The third-order valence-corrected chi connectivity index (χ3v) is 3.76. The molecule has 23 heavy (non-hydrogen) atoms. The Morgan fingerprint density at radius 2 is 2.04 bits per heavy atom. The molecule has 1 amide bonds. The molecule has 2 rings (SSSR count). The van der Waals surface area contributed by atoms with Gasteiger partial charge < -0.3 is 14.7 Å². The second-order valence-corrected chi connectivity index (χ2v) is 5.36. The van der Waals surface area contributed by atoms with E-state index in [-0.39, 0.29) is 29.0 Å². The smallest absolute Gasteiger partial charge is 0.254 e. The monoisotopic (exact) mass is 337 g/mol. The molecule has 122 valence electrons. The molecular formula is C17H17ClFNO3. The van der Waals surface area contributed by atoms with Crippen LogP contribution in [-0.4, -0.2) is 29.6 Å². The number of hydrogen-bond donors (Lipinski definition) is 1. The van der Waals surface area contributed by atoms with Crippen LogP contribution in [0.2, 0.25) is 5.02 Å². The number of carbonyl (C=O) groups is 1. The topological polar surface area (TPSA) is 49.8 Å². The predicted molar refractivity (Wildman–Crippen MR) is 86.5 cm³/mol. The maximum Gasteiger partial charge on any atom is 0.254 e. The highest BCUT2D eigenvalue weighted by molar-refractivity contribution is 6.32. The van der Waals surface area contributed by atoms with Crippen molar-refractivity contribution in [2.45, 2.75) is 13.5 Å². The van der Waals surface area contributed by atoms with E-state index < -0.39 is 5.82 Å². The lowest BCUT2D eigenvalue weighted by Gasteiger charge is -2.21. The SMILES string of the molecule is CCN(Cc1ccc(OC)c(F)c1)C(=O)c1ccc(O)c(Cl)c1. The number of halogens is 2. The van der Waals surface area contributed by atoms with Crippen LogP contribution >= 0.6 is 11.6 Å². The normalized spacial score (nSPS) is 10.4. The maximum absolute atomic E-state index is 13.8. The number of aromatic hydroxyl groups is 1. The van der Waals surface area contributed by atoms with Gasteiger partial charge in [0.1, 0.15) is 5.75 Å². The molecule has 0 heterocycles. The molecular weight excluding hydrogens is 321 g/mol. The van der Waals surface area contributed by atoms with Crippen molar-refractivity contribution >= 4 is 17.5 Å². The lowest BCUT2D eigenvalue weighted by atomic mass is 10.1.